The Morgan fingerprint density at radius 2 is 2.12 bits per heavy atom. The summed E-state index contributed by atoms with van der Waals surface area (Å²) >= 11 is 1.53. The van der Waals surface area contributed by atoms with Gasteiger partial charge < -0.3 is 10.6 Å². The number of hydrogen-bond donors (Lipinski definition) is 2. The molecule has 1 aromatic carbocycles. The molecule has 2 aromatic rings. The molecule has 0 atom stereocenters. The Morgan fingerprint density at radius 1 is 1.31 bits per heavy atom. The van der Waals surface area contributed by atoms with Crippen LogP contribution in [0.3, 0.4) is 0 Å². The summed E-state index contributed by atoms with van der Waals surface area (Å²) in [7, 11) is 1.87. The zero-order valence-corrected chi connectivity index (χ0v) is 9.93. The predicted molar refractivity (Wildman–Crippen MR) is 68.1 cm³/mol. The van der Waals surface area contributed by atoms with Gasteiger partial charge in [-0.3, -0.25) is 4.79 Å². The van der Waals surface area contributed by atoms with E-state index in [1.54, 1.807) is 0 Å². The summed E-state index contributed by atoms with van der Waals surface area (Å²) in [6.45, 7) is 1.44. The number of carbonyl (C=O) groups excluding carboxylic acids is 1. The third-order valence-electron chi connectivity index (χ3n) is 2.31. The molecule has 0 unspecified atom stereocenters. The Hall–Kier alpha value is -1.39. The molecule has 0 saturated heterocycles. The van der Waals surface area contributed by atoms with Gasteiger partial charge in [0.05, 0.1) is 4.88 Å². The quantitative estimate of drug-likeness (QED) is 0.793. The maximum absolute atomic E-state index is 11.8. The van der Waals surface area contributed by atoms with Crippen LogP contribution in [0.4, 0.5) is 0 Å². The summed E-state index contributed by atoms with van der Waals surface area (Å²) < 4.78 is 1.15. The van der Waals surface area contributed by atoms with Gasteiger partial charge in [-0.05, 0) is 24.6 Å². The van der Waals surface area contributed by atoms with E-state index in [4.69, 9.17) is 0 Å². The van der Waals surface area contributed by atoms with Crippen molar-refractivity contribution >= 4 is 27.3 Å². The van der Waals surface area contributed by atoms with Crippen molar-refractivity contribution in [2.24, 2.45) is 0 Å². The van der Waals surface area contributed by atoms with Gasteiger partial charge >= 0.3 is 0 Å². The third-order valence-corrected chi connectivity index (χ3v) is 3.42. The number of nitrogens with one attached hydrogen (secondary N) is 2. The van der Waals surface area contributed by atoms with Crippen molar-refractivity contribution in [3.05, 3.63) is 35.2 Å². The Bertz CT molecular complexity index is 459. The Balaban J connectivity index is 2.11. The summed E-state index contributed by atoms with van der Waals surface area (Å²) in [5.41, 5.74) is 0. The number of fused-ring (bicyclic) bond motifs is 1. The first kappa shape index (κ1) is 11.1. The van der Waals surface area contributed by atoms with E-state index in [1.165, 1.54) is 11.3 Å². The number of carbonyl (C=O) groups is 1. The third kappa shape index (κ3) is 2.40. The van der Waals surface area contributed by atoms with Crippen LogP contribution in [0.5, 0.6) is 0 Å². The molecule has 16 heavy (non-hydrogen) atoms. The van der Waals surface area contributed by atoms with Crippen LogP contribution in [0.1, 0.15) is 9.67 Å². The van der Waals surface area contributed by atoms with Gasteiger partial charge in [0.2, 0.25) is 0 Å². The lowest BCUT2D eigenvalue weighted by Gasteiger charge is -2.01. The average molecular weight is 234 g/mol. The van der Waals surface area contributed by atoms with Gasteiger partial charge in [0.15, 0.2) is 0 Å². The minimum Gasteiger partial charge on any atom is -0.350 e. The Morgan fingerprint density at radius 3 is 2.88 bits per heavy atom. The standard InChI is InChI=1S/C12H14N2OS/c1-13-6-7-14-12(15)11-8-9-4-2-3-5-10(9)16-11/h2-5,8,13H,6-7H2,1H3,(H,14,15). The number of thiophene rings is 1. The van der Waals surface area contributed by atoms with E-state index in [9.17, 15) is 4.79 Å². The van der Waals surface area contributed by atoms with E-state index < -0.39 is 0 Å². The van der Waals surface area contributed by atoms with Crippen molar-refractivity contribution in [2.45, 2.75) is 0 Å². The van der Waals surface area contributed by atoms with Crippen LogP contribution in [-0.4, -0.2) is 26.0 Å². The van der Waals surface area contributed by atoms with Gasteiger partial charge in [-0.1, -0.05) is 18.2 Å². The molecule has 0 fully saturated rings. The van der Waals surface area contributed by atoms with Crippen LogP contribution in [0.2, 0.25) is 0 Å². The minimum atomic E-state index is 0.0106. The second-order valence-corrected chi connectivity index (χ2v) is 4.59. The highest BCUT2D eigenvalue weighted by Crippen LogP contribution is 2.24. The lowest BCUT2D eigenvalue weighted by molar-refractivity contribution is 0.0958. The molecular weight excluding hydrogens is 220 g/mol. The van der Waals surface area contributed by atoms with E-state index in [1.807, 2.05) is 37.4 Å². The monoisotopic (exact) mass is 234 g/mol. The molecular formula is C12H14N2OS. The molecule has 84 valence electrons. The van der Waals surface area contributed by atoms with Gasteiger partial charge in [-0.25, -0.2) is 0 Å². The predicted octanol–water partition coefficient (Wildman–Crippen LogP) is 1.85. The van der Waals surface area contributed by atoms with E-state index >= 15 is 0 Å². The number of rotatable bonds is 4. The first-order chi connectivity index (χ1) is 7.81. The highest BCUT2D eigenvalue weighted by Gasteiger charge is 2.08. The van der Waals surface area contributed by atoms with Crippen molar-refractivity contribution < 1.29 is 4.79 Å². The number of benzene rings is 1. The molecule has 3 nitrogen and oxygen atoms in total. The lowest BCUT2D eigenvalue weighted by atomic mass is 10.2. The fraction of sp³-hybridized carbons (Fsp3) is 0.250. The van der Waals surface area contributed by atoms with Crippen LogP contribution in [-0.2, 0) is 0 Å². The van der Waals surface area contributed by atoms with Crippen LogP contribution in [0.25, 0.3) is 10.1 Å². The van der Waals surface area contributed by atoms with E-state index in [2.05, 4.69) is 10.6 Å². The summed E-state index contributed by atoms with van der Waals surface area (Å²) in [5, 5.41) is 6.99. The zero-order chi connectivity index (χ0) is 11.4. The topological polar surface area (TPSA) is 41.1 Å². The van der Waals surface area contributed by atoms with E-state index in [0.717, 1.165) is 21.5 Å². The first-order valence-corrected chi connectivity index (χ1v) is 6.04. The maximum Gasteiger partial charge on any atom is 0.261 e. The normalized spacial score (nSPS) is 10.6. The Labute approximate surface area is 98.5 Å². The molecule has 1 aromatic heterocycles. The van der Waals surface area contributed by atoms with E-state index in [-0.39, 0.29) is 5.91 Å². The van der Waals surface area contributed by atoms with Crippen molar-refractivity contribution in [1.29, 1.82) is 0 Å². The second kappa shape index (κ2) is 5.09. The molecule has 0 radical (unpaired) electrons. The molecule has 2 N–H and O–H groups in total. The largest absolute Gasteiger partial charge is 0.350 e. The summed E-state index contributed by atoms with van der Waals surface area (Å²) in [6.07, 6.45) is 0. The molecule has 0 bridgehead atoms. The molecule has 0 aliphatic carbocycles. The molecule has 0 aliphatic heterocycles. The van der Waals surface area contributed by atoms with Gasteiger partial charge in [0, 0.05) is 17.8 Å². The molecule has 0 aliphatic rings. The summed E-state index contributed by atoms with van der Waals surface area (Å²) in [6, 6.07) is 9.97. The van der Waals surface area contributed by atoms with Crippen LogP contribution in [0, 0.1) is 0 Å². The molecule has 0 saturated carbocycles. The van der Waals surface area contributed by atoms with Gasteiger partial charge in [0.25, 0.3) is 5.91 Å². The van der Waals surface area contributed by atoms with Crippen molar-refractivity contribution in [2.75, 3.05) is 20.1 Å². The fourth-order valence-corrected chi connectivity index (χ4v) is 2.46. The van der Waals surface area contributed by atoms with Gasteiger partial charge in [-0.2, -0.15) is 0 Å². The van der Waals surface area contributed by atoms with Crippen molar-refractivity contribution in [1.82, 2.24) is 10.6 Å². The summed E-state index contributed by atoms with van der Waals surface area (Å²) in [5.74, 6) is 0.0106. The average Bonchev–Trinajstić information content (AvgIpc) is 2.73. The number of amides is 1. The molecule has 4 heteroatoms. The minimum absolute atomic E-state index is 0.0106. The fourth-order valence-electron chi connectivity index (χ4n) is 1.48. The molecule has 2 rings (SSSR count). The van der Waals surface area contributed by atoms with Crippen LogP contribution in [0.15, 0.2) is 30.3 Å². The Kier molecular flexibility index (Phi) is 3.54. The zero-order valence-electron chi connectivity index (χ0n) is 9.12. The van der Waals surface area contributed by atoms with Crippen molar-refractivity contribution in [3.8, 4) is 0 Å². The van der Waals surface area contributed by atoms with Crippen LogP contribution < -0.4 is 10.6 Å². The maximum atomic E-state index is 11.8. The summed E-state index contributed by atoms with van der Waals surface area (Å²) in [4.78, 5) is 12.5. The molecule has 1 heterocycles. The molecule has 0 spiro atoms. The van der Waals surface area contributed by atoms with Crippen molar-refractivity contribution in [3.63, 3.8) is 0 Å². The SMILES string of the molecule is CNCCNC(=O)c1cc2ccccc2s1. The smallest absolute Gasteiger partial charge is 0.261 e. The lowest BCUT2D eigenvalue weighted by Crippen LogP contribution is -2.29. The highest BCUT2D eigenvalue weighted by molar-refractivity contribution is 7.20. The van der Waals surface area contributed by atoms with Gasteiger partial charge in [0.1, 0.15) is 0 Å². The van der Waals surface area contributed by atoms with Crippen LogP contribution >= 0.6 is 11.3 Å². The van der Waals surface area contributed by atoms with Gasteiger partial charge in [-0.15, -0.1) is 11.3 Å². The highest BCUT2D eigenvalue weighted by atomic mass is 32.1. The second-order valence-electron chi connectivity index (χ2n) is 3.51. The van der Waals surface area contributed by atoms with E-state index in [0.29, 0.717) is 6.54 Å². The number of likely N-dealkylation sites (N-methyl/N-ethyl adjacent to an activating group) is 1. The first-order valence-electron chi connectivity index (χ1n) is 5.22. The number of hydrogen-bond acceptors (Lipinski definition) is 3. The molecule has 1 amide bonds.